The normalized spacial score (nSPS) is 53.4. The monoisotopic (exact) mass is 162 g/mol. The van der Waals surface area contributed by atoms with Crippen molar-refractivity contribution in [2.75, 3.05) is 0 Å². The first kappa shape index (κ1) is 5.21. The summed E-state index contributed by atoms with van der Waals surface area (Å²) in [4.78, 5) is 0.226. The van der Waals surface area contributed by atoms with Crippen LogP contribution in [0.4, 0.5) is 0 Å². The highest BCUT2D eigenvalue weighted by molar-refractivity contribution is 6.32. The first-order chi connectivity index (χ1) is 5.35. The predicted octanol–water partition coefficient (Wildman–Crippen LogP) is 2.49. The maximum absolute atomic E-state index is 6.34. The molecule has 0 nitrogen and oxygen atoms in total. The second-order valence-corrected chi connectivity index (χ2v) is 4.59. The molecule has 1 aromatic carbocycles. The molecule has 1 heteroatoms. The van der Waals surface area contributed by atoms with Gasteiger partial charge in [0.1, 0.15) is 0 Å². The molecule has 0 heterocycles. The molecule has 0 aromatic heterocycles. The van der Waals surface area contributed by atoms with E-state index in [1.165, 1.54) is 11.1 Å². The van der Waals surface area contributed by atoms with Crippen molar-refractivity contribution in [3.63, 3.8) is 0 Å². The van der Waals surface area contributed by atoms with Crippen molar-refractivity contribution >= 4 is 11.6 Å². The molecule has 11 heavy (non-hydrogen) atoms. The highest BCUT2D eigenvalue weighted by atomic mass is 35.5. The van der Waals surface area contributed by atoms with Crippen molar-refractivity contribution in [1.29, 1.82) is 0 Å². The summed E-state index contributed by atoms with van der Waals surface area (Å²) in [5, 5.41) is 0. The summed E-state index contributed by atoms with van der Waals surface area (Å²) < 4.78 is 0. The van der Waals surface area contributed by atoms with Crippen LogP contribution in [0.25, 0.3) is 0 Å². The van der Waals surface area contributed by atoms with Crippen molar-refractivity contribution in [3.05, 3.63) is 35.4 Å². The lowest BCUT2D eigenvalue weighted by Crippen LogP contribution is -1.90. The Morgan fingerprint density at radius 2 is 1.55 bits per heavy atom. The van der Waals surface area contributed by atoms with Gasteiger partial charge >= 0.3 is 0 Å². The van der Waals surface area contributed by atoms with Gasteiger partial charge in [0.2, 0.25) is 0 Å². The molecular weight excluding hydrogens is 156 g/mol. The molecule has 0 N–H and O–H groups in total. The summed E-state index contributed by atoms with van der Waals surface area (Å²) >= 11 is 6.34. The van der Waals surface area contributed by atoms with Gasteiger partial charge < -0.3 is 0 Å². The van der Waals surface area contributed by atoms with Crippen LogP contribution in [0, 0.1) is 5.92 Å². The van der Waals surface area contributed by atoms with Crippen LogP contribution in [0.2, 0.25) is 0 Å². The summed E-state index contributed by atoms with van der Waals surface area (Å²) in [6.07, 6.45) is 0. The van der Waals surface area contributed by atoms with Crippen molar-refractivity contribution in [1.82, 2.24) is 0 Å². The molecule has 0 amide bonds. The van der Waals surface area contributed by atoms with Crippen molar-refractivity contribution in [3.8, 4) is 0 Å². The number of hydrogen-bond acceptors (Lipinski definition) is 0. The molecule has 4 aliphatic rings. The largest absolute Gasteiger partial charge is 0.118 e. The van der Waals surface area contributed by atoms with Gasteiger partial charge in [-0.2, -0.15) is 0 Å². The molecule has 2 bridgehead atoms. The fraction of sp³-hybridized carbons (Fsp3) is 0.400. The van der Waals surface area contributed by atoms with Crippen LogP contribution in [-0.2, 0) is 0 Å². The Morgan fingerprint density at radius 3 is 2.00 bits per heavy atom. The van der Waals surface area contributed by atoms with Crippen LogP contribution in [0.15, 0.2) is 24.3 Å². The minimum absolute atomic E-state index is 0.226. The minimum atomic E-state index is 0.226. The standard InChI is InChI=1S/C10H7Cl/c11-10-7-5-3-1-2-4-6(5)8(10)9(7)10/h1-4,7-9H. The van der Waals surface area contributed by atoms with E-state index in [9.17, 15) is 0 Å². The lowest BCUT2D eigenvalue weighted by molar-refractivity contribution is 0.789. The molecule has 2 atom stereocenters. The van der Waals surface area contributed by atoms with E-state index >= 15 is 0 Å². The zero-order valence-electron chi connectivity index (χ0n) is 5.92. The third kappa shape index (κ3) is 0.327. The van der Waals surface area contributed by atoms with E-state index < -0.39 is 0 Å². The molecule has 54 valence electrons. The summed E-state index contributed by atoms with van der Waals surface area (Å²) in [5.74, 6) is 2.32. The Bertz CT molecular complexity index is 338. The third-order valence-corrected chi connectivity index (χ3v) is 4.35. The third-order valence-electron chi connectivity index (χ3n) is 3.63. The van der Waals surface area contributed by atoms with Gasteiger partial charge in [-0.1, -0.05) is 24.3 Å². The average Bonchev–Trinajstić information content (AvgIpc) is 2.74. The van der Waals surface area contributed by atoms with Gasteiger partial charge in [0.15, 0.2) is 0 Å². The molecule has 0 radical (unpaired) electrons. The molecule has 2 unspecified atom stereocenters. The second-order valence-electron chi connectivity index (χ2n) is 3.94. The number of benzene rings is 1. The van der Waals surface area contributed by atoms with Gasteiger partial charge in [-0.3, -0.25) is 0 Å². The number of rotatable bonds is 0. The molecule has 0 spiro atoms. The lowest BCUT2D eigenvalue weighted by atomic mass is 10.1. The summed E-state index contributed by atoms with van der Waals surface area (Å²) in [6.45, 7) is 0. The summed E-state index contributed by atoms with van der Waals surface area (Å²) in [5.41, 5.74) is 3.08. The maximum Gasteiger partial charge on any atom is 0.0631 e. The van der Waals surface area contributed by atoms with Crippen molar-refractivity contribution in [2.45, 2.75) is 16.7 Å². The molecule has 0 saturated heterocycles. The Balaban J connectivity index is 2.07. The van der Waals surface area contributed by atoms with Gasteiger partial charge in [0, 0.05) is 11.8 Å². The topological polar surface area (TPSA) is 0 Å². The number of hydrogen-bond donors (Lipinski definition) is 0. The van der Waals surface area contributed by atoms with Crippen LogP contribution >= 0.6 is 11.6 Å². The molecule has 2 saturated carbocycles. The number of halogens is 1. The Morgan fingerprint density at radius 1 is 1.09 bits per heavy atom. The Kier molecular flexibility index (Phi) is 0.543. The van der Waals surface area contributed by atoms with Crippen LogP contribution in [0.3, 0.4) is 0 Å². The molecule has 0 aliphatic heterocycles. The van der Waals surface area contributed by atoms with Gasteiger partial charge in [-0.05, 0) is 17.0 Å². The predicted molar refractivity (Wildman–Crippen MR) is 44.0 cm³/mol. The zero-order valence-corrected chi connectivity index (χ0v) is 6.68. The SMILES string of the molecule is ClC12C3c4ccccc4C1C32. The van der Waals surface area contributed by atoms with E-state index in [1.54, 1.807) is 0 Å². The highest BCUT2D eigenvalue weighted by Crippen LogP contribution is 2.93. The van der Waals surface area contributed by atoms with Gasteiger partial charge in [0.25, 0.3) is 0 Å². The van der Waals surface area contributed by atoms with Crippen LogP contribution in [0.1, 0.15) is 23.0 Å². The summed E-state index contributed by atoms with van der Waals surface area (Å²) in [7, 11) is 0. The van der Waals surface area contributed by atoms with Crippen LogP contribution < -0.4 is 0 Å². The zero-order chi connectivity index (χ0) is 7.22. The molecule has 2 fully saturated rings. The highest BCUT2D eigenvalue weighted by Gasteiger charge is 2.91. The van der Waals surface area contributed by atoms with Crippen LogP contribution in [0.5, 0.6) is 0 Å². The first-order valence-electron chi connectivity index (χ1n) is 4.13. The van der Waals surface area contributed by atoms with E-state index in [0.29, 0.717) is 0 Å². The molecule has 1 aromatic rings. The van der Waals surface area contributed by atoms with E-state index in [-0.39, 0.29) is 4.87 Å². The quantitative estimate of drug-likeness (QED) is 0.515. The first-order valence-corrected chi connectivity index (χ1v) is 4.50. The van der Waals surface area contributed by atoms with E-state index in [1.807, 2.05) is 0 Å². The fourth-order valence-electron chi connectivity index (χ4n) is 3.01. The van der Waals surface area contributed by atoms with Gasteiger partial charge in [-0.15, -0.1) is 11.6 Å². The van der Waals surface area contributed by atoms with Crippen molar-refractivity contribution < 1.29 is 0 Å². The van der Waals surface area contributed by atoms with E-state index in [0.717, 1.165) is 17.8 Å². The molecule has 4 aliphatic carbocycles. The Labute approximate surface area is 70.2 Å². The number of alkyl halides is 1. The minimum Gasteiger partial charge on any atom is -0.118 e. The molecular formula is C10H7Cl. The maximum atomic E-state index is 6.34. The van der Waals surface area contributed by atoms with E-state index in [4.69, 9.17) is 11.6 Å². The Hall–Kier alpha value is -0.490. The second kappa shape index (κ2) is 1.15. The van der Waals surface area contributed by atoms with Crippen LogP contribution in [-0.4, -0.2) is 4.87 Å². The average molecular weight is 163 g/mol. The fourth-order valence-corrected chi connectivity index (χ4v) is 3.65. The summed E-state index contributed by atoms with van der Waals surface area (Å²) in [6, 6.07) is 8.73. The lowest BCUT2D eigenvalue weighted by Gasteiger charge is -1.95. The van der Waals surface area contributed by atoms with E-state index in [2.05, 4.69) is 24.3 Å². The van der Waals surface area contributed by atoms with Crippen molar-refractivity contribution in [2.24, 2.45) is 5.92 Å². The smallest absolute Gasteiger partial charge is 0.0631 e. The van der Waals surface area contributed by atoms with Gasteiger partial charge in [-0.25, -0.2) is 0 Å². The van der Waals surface area contributed by atoms with Gasteiger partial charge in [0.05, 0.1) is 4.87 Å². The molecule has 5 rings (SSSR count).